The SMILES string of the molecule is COc1cc(C(=O)N2CCN(C)CC2)ccc1Nc1ncc2c(n1)n(C1CCCC1)c(=O)n2C. The molecule has 10 nitrogen and oxygen atoms in total. The molecule has 1 saturated carbocycles. The Hall–Kier alpha value is -3.40. The summed E-state index contributed by atoms with van der Waals surface area (Å²) in [5.74, 6) is 0.909. The maximum absolute atomic E-state index is 13.0. The van der Waals surface area contributed by atoms with Crippen LogP contribution < -0.4 is 15.7 Å². The number of likely N-dealkylation sites (N-methyl/N-ethyl adjacent to an activating group) is 1. The molecule has 1 aliphatic heterocycles. The van der Waals surface area contributed by atoms with Crippen LogP contribution in [0.25, 0.3) is 11.2 Å². The van der Waals surface area contributed by atoms with Crippen LogP contribution in [0.1, 0.15) is 42.1 Å². The van der Waals surface area contributed by atoms with Gasteiger partial charge in [0.05, 0.1) is 19.0 Å². The number of anilines is 2. The van der Waals surface area contributed by atoms with E-state index in [1.165, 1.54) is 0 Å². The highest BCUT2D eigenvalue weighted by atomic mass is 16.5. The first kappa shape index (κ1) is 22.4. The Labute approximate surface area is 198 Å². The molecule has 1 aliphatic carbocycles. The first-order valence-electron chi connectivity index (χ1n) is 11.8. The van der Waals surface area contributed by atoms with Crippen LogP contribution >= 0.6 is 0 Å². The van der Waals surface area contributed by atoms with Crippen LogP contribution in [0.15, 0.2) is 29.2 Å². The molecule has 0 spiro atoms. The Morgan fingerprint density at radius 1 is 1.12 bits per heavy atom. The molecule has 2 fully saturated rings. The fourth-order valence-electron chi connectivity index (χ4n) is 4.93. The van der Waals surface area contributed by atoms with E-state index >= 15 is 0 Å². The van der Waals surface area contributed by atoms with Gasteiger partial charge in [0.1, 0.15) is 11.3 Å². The van der Waals surface area contributed by atoms with E-state index in [4.69, 9.17) is 9.72 Å². The second kappa shape index (κ2) is 9.09. The normalized spacial score (nSPS) is 17.4. The third-order valence-corrected chi connectivity index (χ3v) is 7.01. The van der Waals surface area contributed by atoms with Gasteiger partial charge in [0.15, 0.2) is 5.65 Å². The predicted octanol–water partition coefficient (Wildman–Crippen LogP) is 2.38. The number of nitrogens with zero attached hydrogens (tertiary/aromatic N) is 6. The zero-order valence-electron chi connectivity index (χ0n) is 20.0. The van der Waals surface area contributed by atoms with Gasteiger partial charge in [-0.3, -0.25) is 13.9 Å². The number of amides is 1. The number of benzene rings is 1. The van der Waals surface area contributed by atoms with Crippen molar-refractivity contribution >= 4 is 28.7 Å². The maximum atomic E-state index is 13.0. The Morgan fingerprint density at radius 2 is 1.85 bits per heavy atom. The van der Waals surface area contributed by atoms with Gasteiger partial charge in [-0.15, -0.1) is 0 Å². The number of imidazole rings is 1. The van der Waals surface area contributed by atoms with Gasteiger partial charge in [0.25, 0.3) is 5.91 Å². The maximum Gasteiger partial charge on any atom is 0.330 e. The number of fused-ring (bicyclic) bond motifs is 1. The van der Waals surface area contributed by atoms with Gasteiger partial charge in [0, 0.05) is 44.8 Å². The van der Waals surface area contributed by atoms with Crippen LogP contribution in [0, 0.1) is 0 Å². The molecule has 5 rings (SSSR count). The van der Waals surface area contributed by atoms with Gasteiger partial charge in [-0.25, -0.2) is 9.78 Å². The largest absolute Gasteiger partial charge is 0.495 e. The van der Waals surface area contributed by atoms with Crippen LogP contribution in [-0.4, -0.2) is 75.1 Å². The van der Waals surface area contributed by atoms with Crippen LogP contribution in [0.3, 0.4) is 0 Å². The van der Waals surface area contributed by atoms with Gasteiger partial charge in [-0.2, -0.15) is 4.98 Å². The van der Waals surface area contributed by atoms with E-state index in [0.29, 0.717) is 47.2 Å². The minimum absolute atomic E-state index is 0.000450. The van der Waals surface area contributed by atoms with E-state index < -0.39 is 0 Å². The smallest absolute Gasteiger partial charge is 0.330 e. The van der Waals surface area contributed by atoms with Crippen molar-refractivity contribution in [1.82, 2.24) is 28.9 Å². The fraction of sp³-hybridized carbons (Fsp3) is 0.500. The van der Waals surface area contributed by atoms with E-state index in [-0.39, 0.29) is 17.6 Å². The molecular formula is C24H31N7O3. The molecule has 3 heterocycles. The zero-order chi connectivity index (χ0) is 23.8. The summed E-state index contributed by atoms with van der Waals surface area (Å²) in [6.45, 7) is 3.16. The minimum atomic E-state index is -0.0577. The lowest BCUT2D eigenvalue weighted by Gasteiger charge is -2.32. The molecule has 0 radical (unpaired) electrons. The average molecular weight is 466 g/mol. The summed E-state index contributed by atoms with van der Waals surface area (Å²) in [7, 11) is 5.39. The molecule has 1 saturated heterocycles. The Kier molecular flexibility index (Phi) is 5.99. The molecular weight excluding hydrogens is 434 g/mol. The van der Waals surface area contributed by atoms with Crippen molar-refractivity contribution in [3.8, 4) is 5.75 Å². The molecule has 1 amide bonds. The molecule has 34 heavy (non-hydrogen) atoms. The lowest BCUT2D eigenvalue weighted by molar-refractivity contribution is 0.0664. The van der Waals surface area contributed by atoms with E-state index in [2.05, 4.69) is 22.2 Å². The Morgan fingerprint density at radius 3 is 2.56 bits per heavy atom. The molecule has 2 aromatic heterocycles. The molecule has 180 valence electrons. The average Bonchev–Trinajstić information content (AvgIpc) is 3.46. The van der Waals surface area contributed by atoms with Crippen LogP contribution in [-0.2, 0) is 7.05 Å². The lowest BCUT2D eigenvalue weighted by atomic mass is 10.1. The van der Waals surface area contributed by atoms with Crippen LogP contribution in [0.5, 0.6) is 5.75 Å². The number of methoxy groups -OCH3 is 1. The van der Waals surface area contributed by atoms with Gasteiger partial charge in [-0.05, 0) is 38.1 Å². The van der Waals surface area contributed by atoms with Crippen molar-refractivity contribution in [3.63, 3.8) is 0 Å². The first-order valence-corrected chi connectivity index (χ1v) is 11.8. The van der Waals surface area contributed by atoms with E-state index in [1.54, 1.807) is 37.1 Å². The highest BCUT2D eigenvalue weighted by Crippen LogP contribution is 2.32. The highest BCUT2D eigenvalue weighted by Gasteiger charge is 2.25. The van der Waals surface area contributed by atoms with Crippen molar-refractivity contribution in [2.75, 3.05) is 45.7 Å². The van der Waals surface area contributed by atoms with Gasteiger partial charge < -0.3 is 19.9 Å². The van der Waals surface area contributed by atoms with Gasteiger partial charge in [-0.1, -0.05) is 12.8 Å². The Bertz CT molecular complexity index is 1270. The number of carbonyl (C=O) groups is 1. The number of nitrogens with one attached hydrogen (secondary N) is 1. The van der Waals surface area contributed by atoms with E-state index in [0.717, 1.165) is 38.8 Å². The zero-order valence-corrected chi connectivity index (χ0v) is 20.0. The monoisotopic (exact) mass is 465 g/mol. The van der Waals surface area contributed by atoms with Crippen LogP contribution in [0.4, 0.5) is 11.6 Å². The molecule has 0 atom stereocenters. The molecule has 10 heteroatoms. The number of hydrogen-bond acceptors (Lipinski definition) is 7. The summed E-state index contributed by atoms with van der Waals surface area (Å²) in [5.41, 5.74) is 2.53. The quantitative estimate of drug-likeness (QED) is 0.618. The second-order valence-electron chi connectivity index (χ2n) is 9.19. The lowest BCUT2D eigenvalue weighted by Crippen LogP contribution is -2.47. The molecule has 0 bridgehead atoms. The Balaban J connectivity index is 1.42. The summed E-state index contributed by atoms with van der Waals surface area (Å²) >= 11 is 0. The van der Waals surface area contributed by atoms with Crippen LogP contribution in [0.2, 0.25) is 0 Å². The predicted molar refractivity (Wildman–Crippen MR) is 130 cm³/mol. The summed E-state index contributed by atoms with van der Waals surface area (Å²) in [6, 6.07) is 5.53. The third kappa shape index (κ3) is 4.02. The fourth-order valence-corrected chi connectivity index (χ4v) is 4.93. The van der Waals surface area contributed by atoms with E-state index in [1.807, 2.05) is 15.5 Å². The number of rotatable bonds is 5. The summed E-state index contributed by atoms with van der Waals surface area (Å²) in [4.78, 5) is 39.0. The number of hydrogen-bond donors (Lipinski definition) is 1. The molecule has 3 aromatic rings. The topological polar surface area (TPSA) is 97.5 Å². The molecule has 1 N–H and O–H groups in total. The summed E-state index contributed by atoms with van der Waals surface area (Å²) in [5, 5.41) is 3.21. The summed E-state index contributed by atoms with van der Waals surface area (Å²) < 4.78 is 8.99. The number of aromatic nitrogens is 4. The highest BCUT2D eigenvalue weighted by molar-refractivity contribution is 5.95. The van der Waals surface area contributed by atoms with Crippen molar-refractivity contribution in [2.24, 2.45) is 7.05 Å². The number of aryl methyl sites for hydroxylation is 1. The molecule has 0 unspecified atom stereocenters. The first-order chi connectivity index (χ1) is 16.5. The van der Waals surface area contributed by atoms with Crippen molar-refractivity contribution in [2.45, 2.75) is 31.7 Å². The molecule has 2 aliphatic rings. The van der Waals surface area contributed by atoms with Gasteiger partial charge >= 0.3 is 5.69 Å². The summed E-state index contributed by atoms with van der Waals surface area (Å²) in [6.07, 6.45) is 5.90. The standard InChI is InChI=1S/C24H31N7O3/c1-28-10-12-30(13-11-28)22(32)16-8-9-18(20(14-16)34-3)26-23-25-15-19-21(27-23)31(24(33)29(19)2)17-6-4-5-7-17/h8-9,14-15,17H,4-7,10-13H2,1-3H3,(H,25,26,27). The molecule has 1 aromatic carbocycles. The number of piperazine rings is 1. The van der Waals surface area contributed by atoms with Crippen molar-refractivity contribution in [3.05, 3.63) is 40.4 Å². The van der Waals surface area contributed by atoms with Crippen molar-refractivity contribution in [1.29, 1.82) is 0 Å². The second-order valence-corrected chi connectivity index (χ2v) is 9.19. The van der Waals surface area contributed by atoms with Crippen molar-refractivity contribution < 1.29 is 9.53 Å². The minimum Gasteiger partial charge on any atom is -0.495 e. The van der Waals surface area contributed by atoms with Gasteiger partial charge in [0.2, 0.25) is 5.95 Å². The van der Waals surface area contributed by atoms with E-state index in [9.17, 15) is 9.59 Å². The third-order valence-electron chi connectivity index (χ3n) is 7.01. The number of ether oxygens (including phenoxy) is 1. The number of carbonyl (C=O) groups excluding carboxylic acids is 1.